The van der Waals surface area contributed by atoms with Crippen molar-refractivity contribution in [1.82, 2.24) is 4.41 Å². The van der Waals surface area contributed by atoms with Crippen molar-refractivity contribution in [2.24, 2.45) is 10.3 Å². The molecule has 46 valence electrons. The second-order valence-electron chi connectivity index (χ2n) is 1.17. The molecule has 0 unspecified atom stereocenters. The smallest absolute Gasteiger partial charge is 0.268 e. The van der Waals surface area contributed by atoms with Crippen molar-refractivity contribution in [3.05, 3.63) is 0 Å². The third kappa shape index (κ3) is 0.771. The van der Waals surface area contributed by atoms with Gasteiger partial charge in [0.25, 0.3) is 0 Å². The summed E-state index contributed by atoms with van der Waals surface area (Å²) in [6.07, 6.45) is 0. The van der Waals surface area contributed by atoms with Gasteiger partial charge in [-0.15, -0.1) is 9.53 Å². The zero-order valence-corrected chi connectivity index (χ0v) is 4.54. The van der Waals surface area contributed by atoms with E-state index in [-0.39, 0.29) is 6.67 Å². The Kier molecular flexibility index (Phi) is 0.947. The van der Waals surface area contributed by atoms with E-state index < -0.39 is 10.3 Å². The third-order valence-electron chi connectivity index (χ3n) is 0.614. The predicted molar refractivity (Wildman–Crippen MR) is 23.1 cm³/mol. The highest BCUT2D eigenvalue weighted by Crippen LogP contribution is 2.06. The van der Waals surface area contributed by atoms with Gasteiger partial charge < -0.3 is 0 Å². The van der Waals surface area contributed by atoms with E-state index >= 15 is 0 Å². The van der Waals surface area contributed by atoms with E-state index in [1.165, 1.54) is 0 Å². The highest BCUT2D eigenvalue weighted by molar-refractivity contribution is 7.83. The van der Waals surface area contributed by atoms with E-state index in [2.05, 4.69) is 10.3 Å². The number of hydrogen-bond acceptors (Lipinski definition) is 4. The first-order valence-electron chi connectivity index (χ1n) is 1.73. The maximum absolute atomic E-state index is 9.94. The Hall–Kier alpha value is -0.690. The molecule has 0 fully saturated rings. The molecule has 0 aromatic rings. The van der Waals surface area contributed by atoms with Crippen LogP contribution < -0.4 is 0 Å². The van der Waals surface area contributed by atoms with Gasteiger partial charge >= 0.3 is 10.3 Å². The molecular weight excluding hydrogens is 134 g/mol. The zero-order valence-electron chi connectivity index (χ0n) is 3.72. The first-order chi connectivity index (χ1) is 3.61. The largest absolute Gasteiger partial charge is 0.378 e. The summed E-state index contributed by atoms with van der Waals surface area (Å²) in [7, 11) is -4.09. The molecule has 0 saturated carbocycles. The minimum absolute atomic E-state index is 0.0706. The van der Waals surface area contributed by atoms with Crippen LogP contribution >= 0.6 is 0 Å². The SMILES string of the molecule is O=S(=O)(O)N1CN=N1. The summed E-state index contributed by atoms with van der Waals surface area (Å²) in [6.45, 7) is -0.0706. The Morgan fingerprint density at radius 2 is 2.12 bits per heavy atom. The summed E-state index contributed by atoms with van der Waals surface area (Å²) in [5, 5.41) is 6.14. The van der Waals surface area contributed by atoms with E-state index in [1.807, 2.05) is 0 Å². The Labute approximate surface area is 45.7 Å². The van der Waals surface area contributed by atoms with Crippen molar-refractivity contribution in [1.29, 1.82) is 0 Å². The van der Waals surface area contributed by atoms with Crippen LogP contribution in [0.1, 0.15) is 0 Å². The van der Waals surface area contributed by atoms with Crippen molar-refractivity contribution in [2.75, 3.05) is 6.67 Å². The summed E-state index contributed by atoms with van der Waals surface area (Å²) in [5.74, 6) is 0. The van der Waals surface area contributed by atoms with Crippen LogP contribution in [0.2, 0.25) is 0 Å². The molecule has 0 bridgehead atoms. The van der Waals surface area contributed by atoms with Gasteiger partial charge in [0.2, 0.25) is 0 Å². The lowest BCUT2D eigenvalue weighted by atomic mass is 11.1. The predicted octanol–water partition coefficient (Wildman–Crippen LogP) is -0.571. The summed E-state index contributed by atoms with van der Waals surface area (Å²) >= 11 is 0. The molecule has 1 aliphatic heterocycles. The highest BCUT2D eigenvalue weighted by atomic mass is 32.2. The van der Waals surface area contributed by atoms with Gasteiger partial charge in [-0.25, -0.2) is 0 Å². The average Bonchev–Trinajstić information content (AvgIpc) is 1.16. The van der Waals surface area contributed by atoms with Crippen LogP contribution in [-0.4, -0.2) is 24.1 Å². The van der Waals surface area contributed by atoms with Crippen molar-refractivity contribution < 1.29 is 13.0 Å². The monoisotopic (exact) mass is 137 g/mol. The molecule has 7 heteroatoms. The topological polar surface area (TPSA) is 82.3 Å². The zero-order chi connectivity index (χ0) is 6.20. The fraction of sp³-hybridized carbons (Fsp3) is 1.00. The van der Waals surface area contributed by atoms with Gasteiger partial charge in [0.15, 0.2) is 6.67 Å². The molecule has 1 heterocycles. The fourth-order valence-electron chi connectivity index (χ4n) is 0.234. The van der Waals surface area contributed by atoms with Crippen molar-refractivity contribution >= 4 is 10.3 Å². The normalized spacial score (nSPS) is 18.4. The molecule has 0 radical (unpaired) electrons. The van der Waals surface area contributed by atoms with Gasteiger partial charge in [-0.3, -0.25) is 4.55 Å². The lowest BCUT2D eigenvalue weighted by Crippen LogP contribution is -2.30. The van der Waals surface area contributed by atoms with Gasteiger partial charge in [0, 0.05) is 0 Å². The average molecular weight is 137 g/mol. The quantitative estimate of drug-likeness (QED) is 0.491. The highest BCUT2D eigenvalue weighted by Gasteiger charge is 2.21. The summed E-state index contributed by atoms with van der Waals surface area (Å²) < 4.78 is 28.4. The maximum atomic E-state index is 9.94. The Morgan fingerprint density at radius 3 is 2.12 bits per heavy atom. The van der Waals surface area contributed by atoms with E-state index in [1.54, 1.807) is 0 Å². The van der Waals surface area contributed by atoms with Crippen molar-refractivity contribution in [3.8, 4) is 0 Å². The molecule has 0 aromatic heterocycles. The second-order valence-corrected chi connectivity index (χ2v) is 2.49. The van der Waals surface area contributed by atoms with Crippen LogP contribution in [0.3, 0.4) is 0 Å². The van der Waals surface area contributed by atoms with Gasteiger partial charge in [0.05, 0.1) is 0 Å². The van der Waals surface area contributed by atoms with Crippen LogP contribution in [0.5, 0.6) is 0 Å². The summed E-state index contributed by atoms with van der Waals surface area (Å²) in [6, 6.07) is 0. The second kappa shape index (κ2) is 1.39. The molecule has 0 atom stereocenters. The van der Waals surface area contributed by atoms with Crippen LogP contribution in [0.15, 0.2) is 10.3 Å². The van der Waals surface area contributed by atoms with Gasteiger partial charge in [0.1, 0.15) is 0 Å². The first-order valence-corrected chi connectivity index (χ1v) is 3.13. The minimum atomic E-state index is -4.09. The molecule has 0 spiro atoms. The number of nitrogens with zero attached hydrogens (tertiary/aromatic N) is 3. The Bertz CT molecular complexity index is 205. The summed E-state index contributed by atoms with van der Waals surface area (Å²) in [4.78, 5) is 0. The third-order valence-corrected chi connectivity index (χ3v) is 1.33. The standard InChI is InChI=1S/CH3N3O3S/c5-8(6,7)4-1-2-3-4/h1H2,(H,5,6,7). The Morgan fingerprint density at radius 1 is 1.62 bits per heavy atom. The molecule has 0 aliphatic carbocycles. The molecule has 1 N–H and O–H groups in total. The molecule has 6 nitrogen and oxygen atoms in total. The summed E-state index contributed by atoms with van der Waals surface area (Å²) in [5.41, 5.74) is 0. The molecule has 0 saturated heterocycles. The first kappa shape index (κ1) is 5.45. The maximum Gasteiger partial charge on any atom is 0.378 e. The van der Waals surface area contributed by atoms with E-state index in [0.29, 0.717) is 4.41 Å². The molecule has 1 aliphatic rings. The Balaban J connectivity index is 2.77. The van der Waals surface area contributed by atoms with E-state index in [9.17, 15) is 8.42 Å². The van der Waals surface area contributed by atoms with E-state index in [0.717, 1.165) is 0 Å². The van der Waals surface area contributed by atoms with Crippen molar-refractivity contribution in [3.63, 3.8) is 0 Å². The van der Waals surface area contributed by atoms with Crippen LogP contribution in [0.25, 0.3) is 0 Å². The van der Waals surface area contributed by atoms with E-state index in [4.69, 9.17) is 4.55 Å². The number of rotatable bonds is 1. The minimum Gasteiger partial charge on any atom is -0.268 e. The van der Waals surface area contributed by atoms with Gasteiger partial charge in [-0.05, 0) is 0 Å². The van der Waals surface area contributed by atoms with Gasteiger partial charge in [-0.2, -0.15) is 8.42 Å². The molecule has 0 aromatic carbocycles. The van der Waals surface area contributed by atoms with Crippen molar-refractivity contribution in [2.45, 2.75) is 0 Å². The van der Waals surface area contributed by atoms with Crippen LogP contribution in [0.4, 0.5) is 0 Å². The van der Waals surface area contributed by atoms with Crippen LogP contribution in [0, 0.1) is 0 Å². The fourth-order valence-corrected chi connectivity index (χ4v) is 0.575. The lowest BCUT2D eigenvalue weighted by molar-refractivity contribution is 0.290. The van der Waals surface area contributed by atoms with Gasteiger partial charge in [-0.1, -0.05) is 5.22 Å². The number of hydrogen-bond donors (Lipinski definition) is 1. The molecule has 0 amide bonds. The van der Waals surface area contributed by atoms with Crippen LogP contribution in [-0.2, 0) is 10.3 Å². The lowest BCUT2D eigenvalue weighted by Gasteiger charge is -2.15. The molecular formula is CH3N3O3S. The molecule has 1 rings (SSSR count). The molecule has 8 heavy (non-hydrogen) atoms.